The van der Waals surface area contributed by atoms with Crippen LogP contribution in [0.1, 0.15) is 18.0 Å². The second-order valence-corrected chi connectivity index (χ2v) is 4.35. The third kappa shape index (κ3) is 4.77. The van der Waals surface area contributed by atoms with Gasteiger partial charge in [-0.25, -0.2) is 9.59 Å². The lowest BCUT2D eigenvalue weighted by atomic mass is 10.0. The first-order valence-corrected chi connectivity index (χ1v) is 6.03. The molecule has 0 aliphatic heterocycles. The van der Waals surface area contributed by atoms with Gasteiger partial charge in [0.15, 0.2) is 0 Å². The summed E-state index contributed by atoms with van der Waals surface area (Å²) in [6, 6.07) is 5.94. The Labute approximate surface area is 116 Å². The molecule has 0 saturated heterocycles. The van der Waals surface area contributed by atoms with E-state index in [1.807, 2.05) is 0 Å². The van der Waals surface area contributed by atoms with Crippen molar-refractivity contribution in [1.82, 2.24) is 10.2 Å². The lowest BCUT2D eigenvalue weighted by Crippen LogP contribution is -2.27. The third-order valence-corrected chi connectivity index (χ3v) is 2.57. The highest BCUT2D eigenvalue weighted by Crippen LogP contribution is 2.20. The summed E-state index contributed by atoms with van der Waals surface area (Å²) in [6.45, 7) is -0.137. The van der Waals surface area contributed by atoms with Crippen molar-refractivity contribution >= 4 is 12.2 Å². The summed E-state index contributed by atoms with van der Waals surface area (Å²) >= 11 is 0. The van der Waals surface area contributed by atoms with Crippen LogP contribution >= 0.6 is 0 Å². The summed E-state index contributed by atoms with van der Waals surface area (Å²) in [6.07, 6.45) is -1.39. The molecule has 1 rings (SSSR count). The van der Waals surface area contributed by atoms with Crippen molar-refractivity contribution in [3.05, 3.63) is 29.8 Å². The average Bonchev–Trinajstić information content (AvgIpc) is 2.38. The molecule has 7 nitrogen and oxygen atoms in total. The Morgan fingerprint density at radius 3 is 2.35 bits per heavy atom. The van der Waals surface area contributed by atoms with Gasteiger partial charge in [0, 0.05) is 20.7 Å². The van der Waals surface area contributed by atoms with Crippen molar-refractivity contribution in [2.24, 2.45) is 0 Å². The number of nitrogens with zero attached hydrogens (tertiary/aromatic N) is 1. The van der Waals surface area contributed by atoms with Crippen LogP contribution < -0.4 is 10.1 Å². The maximum absolute atomic E-state index is 11.4. The highest BCUT2D eigenvalue weighted by molar-refractivity contribution is 5.70. The Balaban J connectivity index is 2.77. The third-order valence-electron chi connectivity index (χ3n) is 2.57. The number of amides is 2. The largest absolute Gasteiger partial charge is 0.465 e. The highest BCUT2D eigenvalue weighted by atomic mass is 16.6. The average molecular weight is 282 g/mol. The molecule has 0 bridgehead atoms. The lowest BCUT2D eigenvalue weighted by molar-refractivity contribution is 0.172. The second-order valence-electron chi connectivity index (χ2n) is 4.35. The number of aliphatic hydroxyl groups excluding tert-OH is 1. The fraction of sp³-hybridized carbons (Fsp3) is 0.385. The molecule has 0 heterocycles. The first-order valence-electron chi connectivity index (χ1n) is 6.03. The van der Waals surface area contributed by atoms with Crippen LogP contribution in [-0.2, 0) is 0 Å². The minimum Gasteiger partial charge on any atom is -0.465 e. The Bertz CT molecular complexity index is 458. The summed E-state index contributed by atoms with van der Waals surface area (Å²) in [5.74, 6) is 0.366. The van der Waals surface area contributed by atoms with E-state index in [2.05, 4.69) is 5.32 Å². The number of carbonyl (C=O) groups is 2. The van der Waals surface area contributed by atoms with Gasteiger partial charge in [-0.15, -0.1) is 0 Å². The van der Waals surface area contributed by atoms with E-state index in [1.165, 1.54) is 4.90 Å². The minimum absolute atomic E-state index is 0.137. The van der Waals surface area contributed by atoms with Gasteiger partial charge < -0.3 is 25.2 Å². The van der Waals surface area contributed by atoms with Crippen LogP contribution in [-0.4, -0.2) is 48.0 Å². The topological polar surface area (TPSA) is 99.1 Å². The summed E-state index contributed by atoms with van der Waals surface area (Å²) in [4.78, 5) is 23.3. The first kappa shape index (κ1) is 15.8. The van der Waals surface area contributed by atoms with E-state index in [9.17, 15) is 9.59 Å². The van der Waals surface area contributed by atoms with Crippen LogP contribution in [0.3, 0.4) is 0 Å². The van der Waals surface area contributed by atoms with Gasteiger partial charge in [-0.1, -0.05) is 12.1 Å². The van der Waals surface area contributed by atoms with Crippen molar-refractivity contribution in [2.75, 3.05) is 20.7 Å². The molecule has 0 fully saturated rings. The van der Waals surface area contributed by atoms with Crippen LogP contribution in [0.25, 0.3) is 0 Å². The molecule has 0 unspecified atom stereocenters. The van der Waals surface area contributed by atoms with E-state index in [1.54, 1.807) is 38.4 Å². The molecule has 0 spiro atoms. The summed E-state index contributed by atoms with van der Waals surface area (Å²) in [7, 11) is 3.15. The van der Waals surface area contributed by atoms with Crippen LogP contribution in [0, 0.1) is 0 Å². The van der Waals surface area contributed by atoms with Crippen molar-refractivity contribution in [3.63, 3.8) is 0 Å². The molecular weight excluding hydrogens is 264 g/mol. The van der Waals surface area contributed by atoms with Gasteiger partial charge in [0.25, 0.3) is 0 Å². The molecule has 0 radical (unpaired) electrons. The molecule has 1 atom stereocenters. The summed E-state index contributed by atoms with van der Waals surface area (Å²) < 4.78 is 5.05. The number of nitrogens with one attached hydrogen (secondary N) is 1. The van der Waals surface area contributed by atoms with Crippen molar-refractivity contribution in [2.45, 2.75) is 12.5 Å². The van der Waals surface area contributed by atoms with Crippen LogP contribution in [0.4, 0.5) is 9.59 Å². The van der Waals surface area contributed by atoms with Crippen LogP contribution in [0.5, 0.6) is 5.75 Å². The van der Waals surface area contributed by atoms with Gasteiger partial charge in [-0.05, 0) is 24.1 Å². The molecule has 20 heavy (non-hydrogen) atoms. The number of carboxylic acid groups (broad SMARTS) is 1. The Kier molecular flexibility index (Phi) is 5.79. The predicted molar refractivity (Wildman–Crippen MR) is 71.8 cm³/mol. The van der Waals surface area contributed by atoms with E-state index >= 15 is 0 Å². The monoisotopic (exact) mass is 282 g/mol. The number of benzene rings is 1. The number of carbonyl (C=O) groups excluding carboxylic acids is 1. The fourth-order valence-electron chi connectivity index (χ4n) is 1.56. The van der Waals surface area contributed by atoms with Gasteiger partial charge in [0.1, 0.15) is 5.75 Å². The predicted octanol–water partition coefficient (Wildman–Crippen LogP) is 1.44. The van der Waals surface area contributed by atoms with Gasteiger partial charge in [-0.2, -0.15) is 0 Å². The zero-order chi connectivity index (χ0) is 15.1. The van der Waals surface area contributed by atoms with E-state index in [-0.39, 0.29) is 13.0 Å². The van der Waals surface area contributed by atoms with Gasteiger partial charge in [0.05, 0.1) is 6.04 Å². The molecule has 0 aliphatic rings. The summed E-state index contributed by atoms with van der Waals surface area (Å²) in [5.41, 5.74) is 0.686. The quantitative estimate of drug-likeness (QED) is 0.759. The Morgan fingerprint density at radius 2 is 1.90 bits per heavy atom. The van der Waals surface area contributed by atoms with Gasteiger partial charge in [-0.3, -0.25) is 0 Å². The number of ether oxygens (including phenoxy) is 1. The molecule has 0 aromatic heterocycles. The second kappa shape index (κ2) is 7.34. The maximum Gasteiger partial charge on any atom is 0.414 e. The molecule has 110 valence electrons. The number of hydrogen-bond donors (Lipinski definition) is 3. The molecule has 0 saturated carbocycles. The van der Waals surface area contributed by atoms with Crippen LogP contribution in [0.2, 0.25) is 0 Å². The molecule has 0 aliphatic carbocycles. The fourth-order valence-corrected chi connectivity index (χ4v) is 1.56. The molecule has 1 aromatic rings. The first-order chi connectivity index (χ1) is 9.43. The zero-order valence-electron chi connectivity index (χ0n) is 11.4. The standard InChI is InChI=1S/C13H18N2O5/c1-15(2)13(19)20-10-5-3-9(4-6-10)11(7-8-16)14-12(17)18/h3-6,11,14,16H,7-8H2,1-2H3,(H,17,18)/t11-/m0/s1. The van der Waals surface area contributed by atoms with E-state index in [4.69, 9.17) is 14.9 Å². The number of rotatable bonds is 5. The van der Waals surface area contributed by atoms with Crippen molar-refractivity contribution in [1.29, 1.82) is 0 Å². The van der Waals surface area contributed by atoms with E-state index < -0.39 is 18.2 Å². The number of aliphatic hydroxyl groups is 1. The highest BCUT2D eigenvalue weighted by Gasteiger charge is 2.14. The molecular formula is C13H18N2O5. The number of hydrogen-bond acceptors (Lipinski definition) is 4. The molecule has 2 amide bonds. The SMILES string of the molecule is CN(C)C(=O)Oc1ccc([C@H](CCO)NC(=O)O)cc1. The smallest absolute Gasteiger partial charge is 0.414 e. The van der Waals surface area contributed by atoms with E-state index in [0.717, 1.165) is 0 Å². The van der Waals surface area contributed by atoms with Crippen molar-refractivity contribution in [3.8, 4) is 5.75 Å². The summed E-state index contributed by atoms with van der Waals surface area (Å²) in [5, 5.41) is 20.0. The Morgan fingerprint density at radius 1 is 1.30 bits per heavy atom. The maximum atomic E-state index is 11.4. The van der Waals surface area contributed by atoms with Gasteiger partial charge in [0.2, 0.25) is 0 Å². The van der Waals surface area contributed by atoms with Crippen LogP contribution in [0.15, 0.2) is 24.3 Å². The van der Waals surface area contributed by atoms with E-state index in [0.29, 0.717) is 11.3 Å². The van der Waals surface area contributed by atoms with Gasteiger partial charge >= 0.3 is 12.2 Å². The molecule has 7 heteroatoms. The lowest BCUT2D eigenvalue weighted by Gasteiger charge is -2.17. The zero-order valence-corrected chi connectivity index (χ0v) is 11.4. The molecule has 1 aromatic carbocycles. The molecule has 3 N–H and O–H groups in total. The Hall–Kier alpha value is -2.28. The minimum atomic E-state index is -1.16. The normalized spacial score (nSPS) is 11.6. The van der Waals surface area contributed by atoms with Crippen molar-refractivity contribution < 1.29 is 24.5 Å².